The van der Waals surface area contributed by atoms with Gasteiger partial charge >= 0.3 is 17.9 Å². The van der Waals surface area contributed by atoms with E-state index in [0.29, 0.717) is 19.3 Å². The Labute approximate surface area is 424 Å². The Hall–Kier alpha value is -4.19. The first-order valence-corrected chi connectivity index (χ1v) is 28.1. The van der Waals surface area contributed by atoms with Gasteiger partial charge in [-0.25, -0.2) is 0 Å². The van der Waals surface area contributed by atoms with E-state index in [2.05, 4.69) is 106 Å². The Bertz CT molecular complexity index is 1470. The Morgan fingerprint density at radius 3 is 1.09 bits per heavy atom. The molecule has 0 saturated carbocycles. The summed E-state index contributed by atoms with van der Waals surface area (Å²) in [6.07, 6.45) is 77.6. The van der Waals surface area contributed by atoms with E-state index in [0.717, 1.165) is 109 Å². The number of ether oxygens (including phenoxy) is 3. The minimum Gasteiger partial charge on any atom is -0.462 e. The van der Waals surface area contributed by atoms with Crippen molar-refractivity contribution in [2.75, 3.05) is 13.2 Å². The average molecular weight is 956 g/mol. The van der Waals surface area contributed by atoms with Crippen molar-refractivity contribution in [3.05, 3.63) is 122 Å². The molecule has 6 nitrogen and oxygen atoms in total. The van der Waals surface area contributed by atoms with Crippen molar-refractivity contribution in [3.8, 4) is 0 Å². The maximum atomic E-state index is 12.9. The van der Waals surface area contributed by atoms with Gasteiger partial charge in [-0.1, -0.05) is 232 Å². The van der Waals surface area contributed by atoms with E-state index in [1.54, 1.807) is 0 Å². The zero-order chi connectivity index (χ0) is 50.0. The number of unbranched alkanes of at least 4 members (excludes halogenated alkanes) is 21. The predicted molar refractivity (Wildman–Crippen MR) is 297 cm³/mol. The summed E-state index contributed by atoms with van der Waals surface area (Å²) in [4.78, 5) is 38.1. The van der Waals surface area contributed by atoms with Crippen LogP contribution in [-0.4, -0.2) is 37.2 Å². The monoisotopic (exact) mass is 955 g/mol. The number of hydrogen-bond donors (Lipinski definition) is 0. The molecule has 0 spiro atoms. The van der Waals surface area contributed by atoms with Crippen molar-refractivity contribution in [3.63, 3.8) is 0 Å². The van der Waals surface area contributed by atoms with Crippen LogP contribution in [0.3, 0.4) is 0 Å². The summed E-state index contributed by atoms with van der Waals surface area (Å²) in [6.45, 7) is 6.31. The molecule has 0 radical (unpaired) electrons. The van der Waals surface area contributed by atoms with Gasteiger partial charge in [0.2, 0.25) is 0 Å². The molecule has 0 fully saturated rings. The van der Waals surface area contributed by atoms with E-state index in [9.17, 15) is 14.4 Å². The summed E-state index contributed by atoms with van der Waals surface area (Å²) < 4.78 is 16.8. The van der Waals surface area contributed by atoms with E-state index in [1.807, 2.05) is 36.5 Å². The van der Waals surface area contributed by atoms with Crippen LogP contribution in [0.2, 0.25) is 0 Å². The Balaban J connectivity index is 4.49. The summed E-state index contributed by atoms with van der Waals surface area (Å²) in [5, 5.41) is 0. The molecule has 69 heavy (non-hydrogen) atoms. The van der Waals surface area contributed by atoms with Gasteiger partial charge in [0.05, 0.1) is 0 Å². The van der Waals surface area contributed by atoms with Crippen molar-refractivity contribution in [1.82, 2.24) is 0 Å². The number of allylic oxidation sites excluding steroid dienone is 20. The van der Waals surface area contributed by atoms with Crippen LogP contribution < -0.4 is 0 Å². The second-order valence-electron chi connectivity index (χ2n) is 18.2. The van der Waals surface area contributed by atoms with Gasteiger partial charge in [-0.3, -0.25) is 14.4 Å². The summed E-state index contributed by atoms with van der Waals surface area (Å²) in [7, 11) is 0. The first-order valence-electron chi connectivity index (χ1n) is 28.1. The highest BCUT2D eigenvalue weighted by Gasteiger charge is 2.19. The minimum absolute atomic E-state index is 0.113. The van der Waals surface area contributed by atoms with E-state index in [1.165, 1.54) is 89.9 Å². The molecule has 0 aromatic carbocycles. The van der Waals surface area contributed by atoms with Crippen molar-refractivity contribution < 1.29 is 28.6 Å². The quantitative estimate of drug-likeness (QED) is 0.0199. The Morgan fingerprint density at radius 2 is 0.638 bits per heavy atom. The lowest BCUT2D eigenvalue weighted by atomic mass is 10.1. The number of carbonyl (C=O) groups is 3. The standard InChI is InChI=1S/C63H102O6/c1-4-7-10-13-16-19-22-25-27-29-31-33-35-38-41-44-47-50-53-56-62(65)68-59-60(58-67-61(64)55-52-49-46-43-40-37-24-21-18-15-12-9-6-3)69-63(66)57-54-51-48-45-42-39-36-34-32-30-28-26-23-20-17-14-11-8-5-2/h7,9-10,12,15-16,18-19,21,24-25,27,30-33,37-38,40-41,60H,4-6,8,11,13-14,17,20,22-23,26,28-29,34-36,39,42-59H2,1-3H3/b10-7+,12-9+,18-15+,19-16+,24-21+,27-25+,32-30+,33-31+,40-37+,41-38+. The van der Waals surface area contributed by atoms with Crippen molar-refractivity contribution in [2.24, 2.45) is 0 Å². The highest BCUT2D eigenvalue weighted by atomic mass is 16.6. The van der Waals surface area contributed by atoms with Gasteiger partial charge in [-0.2, -0.15) is 0 Å². The van der Waals surface area contributed by atoms with Gasteiger partial charge in [-0.05, 0) is 109 Å². The number of hydrogen-bond acceptors (Lipinski definition) is 6. The normalized spacial score (nSPS) is 13.0. The lowest BCUT2D eigenvalue weighted by Gasteiger charge is -2.18. The van der Waals surface area contributed by atoms with Gasteiger partial charge in [0.15, 0.2) is 6.10 Å². The van der Waals surface area contributed by atoms with Gasteiger partial charge in [0.1, 0.15) is 13.2 Å². The molecule has 390 valence electrons. The zero-order valence-corrected chi connectivity index (χ0v) is 44.5. The molecule has 0 rings (SSSR count). The fourth-order valence-electron chi connectivity index (χ4n) is 7.36. The summed E-state index contributed by atoms with van der Waals surface area (Å²) in [5.41, 5.74) is 0. The third kappa shape index (κ3) is 54.6. The highest BCUT2D eigenvalue weighted by Crippen LogP contribution is 2.14. The first-order chi connectivity index (χ1) is 34.0. The van der Waals surface area contributed by atoms with Crippen LogP contribution in [0.5, 0.6) is 0 Å². The largest absolute Gasteiger partial charge is 0.462 e. The lowest BCUT2D eigenvalue weighted by molar-refractivity contribution is -0.167. The van der Waals surface area contributed by atoms with Gasteiger partial charge in [0.25, 0.3) is 0 Å². The van der Waals surface area contributed by atoms with Crippen LogP contribution in [0.25, 0.3) is 0 Å². The maximum absolute atomic E-state index is 12.9. The fourth-order valence-corrected chi connectivity index (χ4v) is 7.36. The van der Waals surface area contributed by atoms with Crippen LogP contribution in [-0.2, 0) is 28.6 Å². The topological polar surface area (TPSA) is 78.9 Å². The minimum atomic E-state index is -0.814. The Morgan fingerprint density at radius 1 is 0.319 bits per heavy atom. The molecule has 0 aromatic rings. The average Bonchev–Trinajstić information content (AvgIpc) is 3.35. The molecule has 0 heterocycles. The predicted octanol–water partition coefficient (Wildman–Crippen LogP) is 18.9. The van der Waals surface area contributed by atoms with E-state index in [-0.39, 0.29) is 31.1 Å². The lowest BCUT2D eigenvalue weighted by Crippen LogP contribution is -2.30. The molecular formula is C63H102O6. The van der Waals surface area contributed by atoms with Crippen LogP contribution >= 0.6 is 0 Å². The molecule has 0 saturated heterocycles. The molecule has 0 bridgehead atoms. The molecule has 0 aliphatic rings. The molecular weight excluding hydrogens is 853 g/mol. The Kier molecular flexibility index (Phi) is 53.0. The number of rotatable bonds is 49. The molecule has 1 atom stereocenters. The smallest absolute Gasteiger partial charge is 0.306 e. The molecule has 6 heteroatoms. The highest BCUT2D eigenvalue weighted by molar-refractivity contribution is 5.71. The third-order valence-electron chi connectivity index (χ3n) is 11.5. The SMILES string of the molecule is CC/C=C/C=C/C=C/C=C/CCCCCC(=O)OCC(COC(=O)CCCCC/C=C/C/C=C/C/C=C/C/C=C/C/C=C/CC)OC(=O)CCCCCCCCC/C=C/CCCCCCCCCC. The van der Waals surface area contributed by atoms with Crippen LogP contribution in [0.1, 0.15) is 239 Å². The van der Waals surface area contributed by atoms with E-state index in [4.69, 9.17) is 14.2 Å². The summed E-state index contributed by atoms with van der Waals surface area (Å²) in [6, 6.07) is 0. The van der Waals surface area contributed by atoms with Gasteiger partial charge in [-0.15, -0.1) is 0 Å². The zero-order valence-electron chi connectivity index (χ0n) is 44.5. The molecule has 0 N–H and O–H groups in total. The van der Waals surface area contributed by atoms with E-state index >= 15 is 0 Å². The van der Waals surface area contributed by atoms with E-state index < -0.39 is 6.10 Å². The van der Waals surface area contributed by atoms with Crippen LogP contribution in [0, 0.1) is 0 Å². The van der Waals surface area contributed by atoms with Gasteiger partial charge in [0, 0.05) is 19.3 Å². The van der Waals surface area contributed by atoms with Crippen molar-refractivity contribution in [1.29, 1.82) is 0 Å². The summed E-state index contributed by atoms with van der Waals surface area (Å²) >= 11 is 0. The summed E-state index contributed by atoms with van der Waals surface area (Å²) in [5.74, 6) is -0.988. The third-order valence-corrected chi connectivity index (χ3v) is 11.5. The maximum Gasteiger partial charge on any atom is 0.306 e. The second-order valence-corrected chi connectivity index (χ2v) is 18.2. The first kappa shape index (κ1) is 64.8. The van der Waals surface area contributed by atoms with Crippen LogP contribution in [0.15, 0.2) is 122 Å². The van der Waals surface area contributed by atoms with Crippen molar-refractivity contribution >= 4 is 17.9 Å². The number of esters is 3. The number of carbonyl (C=O) groups excluding carboxylic acids is 3. The molecule has 0 amide bonds. The fraction of sp³-hybridized carbons (Fsp3) is 0.635. The van der Waals surface area contributed by atoms with Crippen molar-refractivity contribution in [2.45, 2.75) is 245 Å². The van der Waals surface area contributed by atoms with Gasteiger partial charge < -0.3 is 14.2 Å². The van der Waals surface area contributed by atoms with Crippen LogP contribution in [0.4, 0.5) is 0 Å². The molecule has 1 unspecified atom stereocenters. The second kappa shape index (κ2) is 56.4. The molecule has 0 aliphatic carbocycles. The molecule has 0 aromatic heterocycles. The molecule has 0 aliphatic heterocycles.